The molecule has 0 radical (unpaired) electrons. The fourth-order valence-corrected chi connectivity index (χ4v) is 1.66. The van der Waals surface area contributed by atoms with Crippen LogP contribution < -0.4 is 5.73 Å². The van der Waals surface area contributed by atoms with Gasteiger partial charge in [-0.1, -0.05) is 12.1 Å². The highest BCUT2D eigenvalue weighted by Crippen LogP contribution is 2.37. The average molecular weight is 193 g/mol. The van der Waals surface area contributed by atoms with Crippen LogP contribution in [0.25, 0.3) is 0 Å². The van der Waals surface area contributed by atoms with E-state index in [1.807, 2.05) is 6.07 Å². The van der Waals surface area contributed by atoms with Crippen LogP contribution in [-0.4, -0.2) is 16.3 Å². The van der Waals surface area contributed by atoms with E-state index in [2.05, 4.69) is 0 Å². The summed E-state index contributed by atoms with van der Waals surface area (Å²) >= 11 is 0. The molecule has 1 aliphatic rings. The first kappa shape index (κ1) is 9.49. The molecule has 2 rings (SSSR count). The van der Waals surface area contributed by atoms with Crippen molar-refractivity contribution in [2.45, 2.75) is 25.0 Å². The monoisotopic (exact) mass is 193 g/mol. The van der Waals surface area contributed by atoms with E-state index in [1.54, 1.807) is 18.2 Å². The Morgan fingerprint density at radius 1 is 1.36 bits per heavy atom. The van der Waals surface area contributed by atoms with E-state index in [-0.39, 0.29) is 11.8 Å². The molecule has 2 atom stereocenters. The second kappa shape index (κ2) is 3.59. The molecule has 1 aromatic rings. The summed E-state index contributed by atoms with van der Waals surface area (Å²) in [5, 5.41) is 19.1. The summed E-state index contributed by atoms with van der Waals surface area (Å²) in [4.78, 5) is 0. The van der Waals surface area contributed by atoms with Gasteiger partial charge in [0.2, 0.25) is 0 Å². The van der Waals surface area contributed by atoms with Gasteiger partial charge in [-0.25, -0.2) is 0 Å². The number of hydrogen-bond donors (Lipinski definition) is 3. The van der Waals surface area contributed by atoms with Crippen LogP contribution in [0.4, 0.5) is 0 Å². The van der Waals surface area contributed by atoms with Gasteiger partial charge in [0.15, 0.2) is 0 Å². The normalized spacial score (nSPS) is 20.4. The quantitative estimate of drug-likeness (QED) is 0.675. The molecule has 0 heterocycles. The first-order chi connectivity index (χ1) is 6.68. The summed E-state index contributed by atoms with van der Waals surface area (Å²) in [6, 6.07) is 6.39. The first-order valence-corrected chi connectivity index (χ1v) is 4.91. The highest BCUT2D eigenvalue weighted by Gasteiger charge is 2.34. The van der Waals surface area contributed by atoms with Crippen LogP contribution in [0.2, 0.25) is 0 Å². The van der Waals surface area contributed by atoms with E-state index in [4.69, 9.17) is 5.73 Å². The highest BCUT2D eigenvalue weighted by atomic mass is 16.3. The van der Waals surface area contributed by atoms with E-state index in [0.29, 0.717) is 5.92 Å². The topological polar surface area (TPSA) is 66.5 Å². The van der Waals surface area contributed by atoms with Gasteiger partial charge in [0.1, 0.15) is 5.75 Å². The number of aliphatic hydroxyl groups excluding tert-OH is 1. The fraction of sp³-hybridized carbons (Fsp3) is 0.455. The Labute approximate surface area is 83.2 Å². The SMILES string of the molecule is N[C@H](c1cccc(O)c1)[C@@H](O)C1CC1. The molecule has 1 aromatic carbocycles. The Morgan fingerprint density at radius 2 is 2.07 bits per heavy atom. The summed E-state index contributed by atoms with van der Waals surface area (Å²) < 4.78 is 0. The zero-order valence-corrected chi connectivity index (χ0v) is 7.93. The standard InChI is InChI=1S/C11H15NO2/c12-10(11(14)7-4-5-7)8-2-1-3-9(13)6-8/h1-3,6-7,10-11,13-14H,4-5,12H2/t10-,11+/m1/s1. The molecule has 0 bridgehead atoms. The lowest BCUT2D eigenvalue weighted by Crippen LogP contribution is -2.27. The zero-order valence-electron chi connectivity index (χ0n) is 7.93. The Kier molecular flexibility index (Phi) is 2.44. The van der Waals surface area contributed by atoms with E-state index >= 15 is 0 Å². The Balaban J connectivity index is 2.13. The van der Waals surface area contributed by atoms with E-state index < -0.39 is 6.10 Å². The van der Waals surface area contributed by atoms with Gasteiger partial charge >= 0.3 is 0 Å². The maximum absolute atomic E-state index is 9.80. The number of phenolic OH excluding ortho intramolecular Hbond substituents is 1. The molecular weight excluding hydrogens is 178 g/mol. The smallest absolute Gasteiger partial charge is 0.115 e. The number of aliphatic hydroxyl groups is 1. The predicted octanol–water partition coefficient (Wildman–Crippen LogP) is 1.16. The van der Waals surface area contributed by atoms with Crippen LogP contribution >= 0.6 is 0 Å². The molecule has 0 saturated heterocycles. The number of hydrogen-bond acceptors (Lipinski definition) is 3. The summed E-state index contributed by atoms with van der Waals surface area (Å²) in [5.74, 6) is 0.549. The van der Waals surface area contributed by atoms with Gasteiger partial charge in [0.25, 0.3) is 0 Å². The number of aromatic hydroxyl groups is 1. The maximum atomic E-state index is 9.80. The minimum atomic E-state index is -0.475. The molecule has 4 N–H and O–H groups in total. The van der Waals surface area contributed by atoms with Crippen LogP contribution in [0.3, 0.4) is 0 Å². The van der Waals surface area contributed by atoms with Gasteiger partial charge in [-0.3, -0.25) is 0 Å². The van der Waals surface area contributed by atoms with Gasteiger partial charge in [-0.05, 0) is 36.5 Å². The van der Waals surface area contributed by atoms with Crippen molar-refractivity contribution in [3.8, 4) is 5.75 Å². The average Bonchev–Trinajstić information content (AvgIpc) is 2.99. The van der Waals surface area contributed by atoms with E-state index in [9.17, 15) is 10.2 Å². The van der Waals surface area contributed by atoms with Crippen LogP contribution in [-0.2, 0) is 0 Å². The number of phenols is 1. The second-order valence-electron chi connectivity index (χ2n) is 3.95. The molecular formula is C11H15NO2. The lowest BCUT2D eigenvalue weighted by Gasteiger charge is -2.18. The Hall–Kier alpha value is -1.06. The van der Waals surface area contributed by atoms with Crippen LogP contribution in [0.5, 0.6) is 5.75 Å². The third-order valence-electron chi connectivity index (χ3n) is 2.73. The molecule has 14 heavy (non-hydrogen) atoms. The molecule has 1 aliphatic carbocycles. The molecule has 0 aliphatic heterocycles. The molecule has 1 saturated carbocycles. The van der Waals surface area contributed by atoms with Gasteiger partial charge in [-0.2, -0.15) is 0 Å². The summed E-state index contributed by atoms with van der Waals surface area (Å²) in [5.41, 5.74) is 6.68. The largest absolute Gasteiger partial charge is 0.508 e. The summed E-state index contributed by atoms with van der Waals surface area (Å²) in [7, 11) is 0. The Bertz CT molecular complexity index is 323. The minimum absolute atomic E-state index is 0.195. The highest BCUT2D eigenvalue weighted by molar-refractivity contribution is 5.30. The first-order valence-electron chi connectivity index (χ1n) is 4.91. The lowest BCUT2D eigenvalue weighted by atomic mass is 9.99. The van der Waals surface area contributed by atoms with Crippen molar-refractivity contribution in [3.05, 3.63) is 29.8 Å². The molecule has 0 spiro atoms. The molecule has 0 unspecified atom stereocenters. The van der Waals surface area contributed by atoms with Gasteiger partial charge in [-0.15, -0.1) is 0 Å². The molecule has 1 fully saturated rings. The van der Waals surface area contributed by atoms with Crippen molar-refractivity contribution < 1.29 is 10.2 Å². The van der Waals surface area contributed by atoms with Crippen molar-refractivity contribution in [2.75, 3.05) is 0 Å². The third kappa shape index (κ3) is 1.89. The van der Waals surface area contributed by atoms with Gasteiger partial charge in [0.05, 0.1) is 12.1 Å². The third-order valence-corrected chi connectivity index (χ3v) is 2.73. The summed E-state index contributed by atoms with van der Waals surface area (Å²) in [6.07, 6.45) is 1.65. The second-order valence-corrected chi connectivity index (χ2v) is 3.95. The van der Waals surface area contributed by atoms with Gasteiger partial charge in [0, 0.05) is 0 Å². The molecule has 0 aromatic heterocycles. The number of rotatable bonds is 3. The molecule has 3 heteroatoms. The summed E-state index contributed by atoms with van der Waals surface area (Å²) in [6.45, 7) is 0. The van der Waals surface area contributed by atoms with Crippen LogP contribution in [0.15, 0.2) is 24.3 Å². The van der Waals surface area contributed by atoms with Gasteiger partial charge < -0.3 is 15.9 Å². The number of benzene rings is 1. The molecule has 0 amide bonds. The van der Waals surface area contributed by atoms with Crippen molar-refractivity contribution >= 4 is 0 Å². The fourth-order valence-electron chi connectivity index (χ4n) is 1.66. The molecule has 76 valence electrons. The van der Waals surface area contributed by atoms with Crippen molar-refractivity contribution in [1.82, 2.24) is 0 Å². The van der Waals surface area contributed by atoms with Crippen LogP contribution in [0.1, 0.15) is 24.4 Å². The lowest BCUT2D eigenvalue weighted by molar-refractivity contribution is 0.122. The molecule has 3 nitrogen and oxygen atoms in total. The maximum Gasteiger partial charge on any atom is 0.115 e. The van der Waals surface area contributed by atoms with E-state index in [0.717, 1.165) is 18.4 Å². The Morgan fingerprint density at radius 3 is 2.64 bits per heavy atom. The van der Waals surface area contributed by atoms with Crippen molar-refractivity contribution in [3.63, 3.8) is 0 Å². The minimum Gasteiger partial charge on any atom is -0.508 e. The van der Waals surface area contributed by atoms with Crippen LogP contribution in [0, 0.1) is 5.92 Å². The van der Waals surface area contributed by atoms with Crippen molar-refractivity contribution in [2.24, 2.45) is 11.7 Å². The number of nitrogens with two attached hydrogens (primary N) is 1. The van der Waals surface area contributed by atoms with E-state index in [1.165, 1.54) is 0 Å². The predicted molar refractivity (Wildman–Crippen MR) is 53.8 cm³/mol. The zero-order chi connectivity index (χ0) is 10.1. The van der Waals surface area contributed by atoms with Crippen molar-refractivity contribution in [1.29, 1.82) is 0 Å².